The van der Waals surface area contributed by atoms with E-state index in [1.54, 1.807) is 13.2 Å². The molecule has 0 aliphatic carbocycles. The van der Waals surface area contributed by atoms with Crippen molar-refractivity contribution < 1.29 is 18.7 Å². The van der Waals surface area contributed by atoms with Crippen LogP contribution in [0.25, 0.3) is 11.0 Å². The molecule has 0 unspecified atom stereocenters. The Kier molecular flexibility index (Phi) is 6.14. The Labute approximate surface area is 175 Å². The fraction of sp³-hybridized carbons (Fsp3) is 0.333. The van der Waals surface area contributed by atoms with Crippen LogP contribution >= 0.6 is 0 Å². The van der Waals surface area contributed by atoms with Crippen molar-refractivity contribution in [2.45, 2.75) is 32.3 Å². The van der Waals surface area contributed by atoms with Crippen molar-refractivity contribution in [2.24, 2.45) is 4.99 Å². The first kappa shape index (κ1) is 20.2. The first-order valence-corrected chi connectivity index (χ1v) is 10.3. The number of methoxy groups -OCH3 is 1. The number of fused-ring (bicyclic) bond motifs is 1. The van der Waals surface area contributed by atoms with Crippen molar-refractivity contribution in [2.75, 3.05) is 20.3 Å². The smallest absolute Gasteiger partial charge is 0.256 e. The molecule has 2 aromatic carbocycles. The number of benzene rings is 2. The fourth-order valence-corrected chi connectivity index (χ4v) is 3.56. The second-order valence-corrected chi connectivity index (χ2v) is 7.32. The van der Waals surface area contributed by atoms with E-state index < -0.39 is 0 Å². The third kappa shape index (κ3) is 4.39. The first-order chi connectivity index (χ1) is 14.7. The van der Waals surface area contributed by atoms with Crippen molar-refractivity contribution >= 4 is 22.6 Å². The maximum absolute atomic E-state index is 13.0. The van der Waals surface area contributed by atoms with Crippen molar-refractivity contribution in [3.05, 3.63) is 65.2 Å². The molecule has 0 radical (unpaired) electrons. The van der Waals surface area contributed by atoms with Gasteiger partial charge >= 0.3 is 0 Å². The molecule has 0 bridgehead atoms. The molecule has 1 aromatic heterocycles. The van der Waals surface area contributed by atoms with Crippen LogP contribution in [-0.4, -0.2) is 32.3 Å². The van der Waals surface area contributed by atoms with Gasteiger partial charge in [-0.05, 0) is 49.1 Å². The molecule has 1 aliphatic heterocycles. The van der Waals surface area contributed by atoms with E-state index in [2.05, 4.69) is 17.2 Å². The Hall–Kier alpha value is -3.12. The number of aryl methyl sites for hydroxylation is 1. The molecule has 0 spiro atoms. The molecule has 1 N–H and O–H groups in total. The second-order valence-electron chi connectivity index (χ2n) is 7.32. The topological polar surface area (TPSA) is 73.1 Å². The van der Waals surface area contributed by atoms with Gasteiger partial charge < -0.3 is 19.2 Å². The zero-order valence-corrected chi connectivity index (χ0v) is 17.3. The van der Waals surface area contributed by atoms with Crippen LogP contribution < -0.4 is 15.6 Å². The molecule has 1 atom stereocenters. The van der Waals surface area contributed by atoms with E-state index in [9.17, 15) is 4.79 Å². The largest absolute Gasteiger partial charge is 0.493 e. The van der Waals surface area contributed by atoms with Crippen molar-refractivity contribution in [1.29, 1.82) is 0 Å². The number of rotatable bonds is 6. The lowest BCUT2D eigenvalue weighted by Gasteiger charge is -2.12. The summed E-state index contributed by atoms with van der Waals surface area (Å²) in [6, 6.07) is 15.3. The van der Waals surface area contributed by atoms with Gasteiger partial charge in [-0.3, -0.25) is 4.79 Å². The predicted molar refractivity (Wildman–Crippen MR) is 115 cm³/mol. The van der Waals surface area contributed by atoms with E-state index in [1.807, 2.05) is 42.5 Å². The summed E-state index contributed by atoms with van der Waals surface area (Å²) in [6.45, 7) is 3.33. The van der Waals surface area contributed by atoms with Crippen LogP contribution in [0.15, 0.2) is 57.9 Å². The third-order valence-corrected chi connectivity index (χ3v) is 5.29. The van der Waals surface area contributed by atoms with Crippen LogP contribution in [0.3, 0.4) is 0 Å². The first-order valence-electron chi connectivity index (χ1n) is 10.3. The molecule has 30 heavy (non-hydrogen) atoms. The van der Waals surface area contributed by atoms with Crippen molar-refractivity contribution in [1.82, 2.24) is 5.32 Å². The van der Waals surface area contributed by atoms with Crippen LogP contribution in [0.5, 0.6) is 5.75 Å². The van der Waals surface area contributed by atoms with Gasteiger partial charge in [0.1, 0.15) is 5.56 Å². The maximum atomic E-state index is 13.0. The summed E-state index contributed by atoms with van der Waals surface area (Å²) in [5.41, 5.74) is 3.13. The van der Waals surface area contributed by atoms with Crippen molar-refractivity contribution in [3.8, 4) is 5.75 Å². The van der Waals surface area contributed by atoms with Crippen molar-refractivity contribution in [3.63, 3.8) is 0 Å². The molecule has 1 saturated heterocycles. The summed E-state index contributed by atoms with van der Waals surface area (Å²) < 4.78 is 17.1. The molecule has 2 heterocycles. The summed E-state index contributed by atoms with van der Waals surface area (Å²) in [7, 11) is 1.59. The van der Waals surface area contributed by atoms with Gasteiger partial charge in [0.15, 0.2) is 11.3 Å². The lowest BCUT2D eigenvalue weighted by Crippen LogP contribution is -2.34. The monoisotopic (exact) mass is 406 g/mol. The van der Waals surface area contributed by atoms with E-state index in [-0.39, 0.29) is 17.6 Å². The number of carbonyl (C=O) groups is 1. The Morgan fingerprint density at radius 3 is 2.77 bits per heavy atom. The van der Waals surface area contributed by atoms with Gasteiger partial charge in [0, 0.05) is 18.5 Å². The van der Waals surface area contributed by atoms with E-state index >= 15 is 0 Å². The van der Waals surface area contributed by atoms with Crippen LogP contribution in [0, 0.1) is 0 Å². The summed E-state index contributed by atoms with van der Waals surface area (Å²) in [5, 5.41) is 3.74. The Bertz CT molecular complexity index is 1100. The summed E-state index contributed by atoms with van der Waals surface area (Å²) >= 11 is 0. The SMILES string of the molecule is CCc1ccc(N=c2oc3c(OC)cccc3cc2C(=O)NC[C@@H]2CCCO2)cc1. The summed E-state index contributed by atoms with van der Waals surface area (Å²) in [6.07, 6.45) is 3.00. The van der Waals surface area contributed by atoms with E-state index in [1.165, 1.54) is 5.56 Å². The molecule has 1 fully saturated rings. The van der Waals surface area contributed by atoms with Gasteiger partial charge in [-0.15, -0.1) is 0 Å². The average Bonchev–Trinajstić information content (AvgIpc) is 3.31. The molecule has 156 valence electrons. The quantitative estimate of drug-likeness (QED) is 0.668. The normalized spacial score (nSPS) is 16.7. The minimum Gasteiger partial charge on any atom is -0.493 e. The lowest BCUT2D eigenvalue weighted by molar-refractivity contribution is 0.0854. The maximum Gasteiger partial charge on any atom is 0.256 e. The number of hydrogen-bond acceptors (Lipinski definition) is 5. The Balaban J connectivity index is 1.76. The standard InChI is InChI=1S/C24H26N2O4/c1-3-16-9-11-18(12-10-16)26-24-20(23(27)25-15-19-7-5-13-29-19)14-17-6-4-8-21(28-2)22(17)30-24/h4,6,8-12,14,19H,3,5,7,13,15H2,1-2H3,(H,25,27)/t19-/m0/s1. The minimum atomic E-state index is -0.233. The molecule has 1 amide bonds. The highest BCUT2D eigenvalue weighted by molar-refractivity contribution is 5.97. The highest BCUT2D eigenvalue weighted by atomic mass is 16.5. The lowest BCUT2D eigenvalue weighted by atomic mass is 10.1. The van der Waals surface area contributed by atoms with Gasteiger partial charge in [0.25, 0.3) is 5.91 Å². The van der Waals surface area contributed by atoms with E-state index in [0.717, 1.165) is 36.9 Å². The highest BCUT2D eigenvalue weighted by Crippen LogP contribution is 2.25. The molecular formula is C24H26N2O4. The Morgan fingerprint density at radius 2 is 2.07 bits per heavy atom. The number of amides is 1. The predicted octanol–water partition coefficient (Wildman–Crippen LogP) is 4.15. The molecule has 0 saturated carbocycles. The van der Waals surface area contributed by atoms with Gasteiger partial charge in [-0.2, -0.15) is 0 Å². The third-order valence-electron chi connectivity index (χ3n) is 5.29. The number of carbonyl (C=O) groups excluding carboxylic acids is 1. The number of para-hydroxylation sites is 1. The fourth-order valence-electron chi connectivity index (χ4n) is 3.56. The van der Waals surface area contributed by atoms with E-state index in [4.69, 9.17) is 13.9 Å². The minimum absolute atomic E-state index is 0.0633. The average molecular weight is 406 g/mol. The zero-order valence-electron chi connectivity index (χ0n) is 17.3. The molecule has 6 nitrogen and oxygen atoms in total. The molecule has 6 heteroatoms. The van der Waals surface area contributed by atoms with Gasteiger partial charge in [0.2, 0.25) is 5.55 Å². The second kappa shape index (κ2) is 9.13. The molecule has 4 rings (SSSR count). The van der Waals surface area contributed by atoms with Crippen LogP contribution in [0.2, 0.25) is 0 Å². The van der Waals surface area contributed by atoms with Crippen LogP contribution in [0.4, 0.5) is 5.69 Å². The van der Waals surface area contributed by atoms with Gasteiger partial charge in [-0.25, -0.2) is 4.99 Å². The number of nitrogens with one attached hydrogen (secondary N) is 1. The van der Waals surface area contributed by atoms with Gasteiger partial charge in [0.05, 0.1) is 18.9 Å². The summed E-state index contributed by atoms with van der Waals surface area (Å²) in [5.74, 6) is 0.361. The highest BCUT2D eigenvalue weighted by Gasteiger charge is 2.19. The summed E-state index contributed by atoms with van der Waals surface area (Å²) in [4.78, 5) is 17.6. The number of ether oxygens (including phenoxy) is 2. The zero-order chi connectivity index (χ0) is 20.9. The van der Waals surface area contributed by atoms with E-state index in [0.29, 0.717) is 23.4 Å². The Morgan fingerprint density at radius 1 is 1.23 bits per heavy atom. The number of nitrogens with zero attached hydrogens (tertiary/aromatic N) is 1. The van der Waals surface area contributed by atoms with Crippen LogP contribution in [0.1, 0.15) is 35.7 Å². The van der Waals surface area contributed by atoms with Crippen LogP contribution in [-0.2, 0) is 11.2 Å². The van der Waals surface area contributed by atoms with Gasteiger partial charge in [-0.1, -0.05) is 31.2 Å². The molecule has 3 aromatic rings. The number of hydrogen-bond donors (Lipinski definition) is 1. The molecular weight excluding hydrogens is 380 g/mol. The molecule has 1 aliphatic rings.